The number of aromatic amines is 1. The fourth-order valence-corrected chi connectivity index (χ4v) is 6.92. The Hall–Kier alpha value is -3.13. The van der Waals surface area contributed by atoms with Crippen molar-refractivity contribution in [2.24, 2.45) is 29.1 Å². The number of hydrogen-bond donors (Lipinski definition) is 3. The molecule has 1 heterocycles. The third-order valence-corrected chi connectivity index (χ3v) is 9.59. The quantitative estimate of drug-likeness (QED) is 0.0753. The molecule has 2 unspecified atom stereocenters. The molecule has 0 bridgehead atoms. The van der Waals surface area contributed by atoms with E-state index in [4.69, 9.17) is 15.1 Å². The van der Waals surface area contributed by atoms with Gasteiger partial charge in [-0.2, -0.15) is 0 Å². The maximum Gasteiger partial charge on any atom is 0.352 e. The molecular weight excluding hydrogens is 578 g/mol. The molecule has 0 spiro atoms. The fraction of sp³-hybridized carbons (Fsp3) is 0.658. The Balaban J connectivity index is 1.40. The number of Topliss-reactive ketones (excluding diaryl/α,β-unsaturated/α-hetero) is 2. The predicted molar refractivity (Wildman–Crippen MR) is 180 cm³/mol. The molecule has 2 fully saturated rings. The topological polar surface area (TPSA) is 133 Å². The van der Waals surface area contributed by atoms with Crippen molar-refractivity contribution in [2.45, 2.75) is 130 Å². The van der Waals surface area contributed by atoms with Crippen molar-refractivity contribution in [1.29, 1.82) is 5.41 Å². The zero-order chi connectivity index (χ0) is 33.6. The van der Waals surface area contributed by atoms with Gasteiger partial charge in [-0.3, -0.25) is 15.0 Å². The Morgan fingerprint density at radius 1 is 1.02 bits per heavy atom. The number of ketones is 2. The van der Waals surface area contributed by atoms with E-state index in [0.29, 0.717) is 30.3 Å². The van der Waals surface area contributed by atoms with Crippen molar-refractivity contribution in [1.82, 2.24) is 9.97 Å². The molecular formula is C38H55N3O5. The summed E-state index contributed by atoms with van der Waals surface area (Å²) in [6.45, 7) is 11.0. The first-order valence-electron chi connectivity index (χ1n) is 17.3. The van der Waals surface area contributed by atoms with Crippen LogP contribution in [0.2, 0.25) is 0 Å². The Morgan fingerprint density at radius 3 is 2.35 bits per heavy atom. The van der Waals surface area contributed by atoms with Crippen LogP contribution in [0.5, 0.6) is 0 Å². The van der Waals surface area contributed by atoms with Crippen molar-refractivity contribution in [3.05, 3.63) is 53.6 Å². The van der Waals surface area contributed by atoms with Gasteiger partial charge in [-0.1, -0.05) is 70.4 Å². The number of benzene rings is 1. The second-order valence-electron chi connectivity index (χ2n) is 15.9. The van der Waals surface area contributed by atoms with Crippen molar-refractivity contribution >= 4 is 23.2 Å². The lowest BCUT2D eigenvalue weighted by Crippen LogP contribution is -2.38. The highest BCUT2D eigenvalue weighted by Gasteiger charge is 2.46. The van der Waals surface area contributed by atoms with E-state index in [9.17, 15) is 19.5 Å². The van der Waals surface area contributed by atoms with Crippen LogP contribution in [0, 0.1) is 34.5 Å². The third-order valence-electron chi connectivity index (χ3n) is 9.59. The Kier molecular flexibility index (Phi) is 11.8. The van der Waals surface area contributed by atoms with Gasteiger partial charge in [-0.05, 0) is 82.1 Å². The lowest BCUT2D eigenvalue weighted by atomic mass is 9.70. The van der Waals surface area contributed by atoms with Crippen LogP contribution in [0.3, 0.4) is 0 Å². The summed E-state index contributed by atoms with van der Waals surface area (Å²) in [5, 5.41) is 19.1. The number of aliphatic hydroxyl groups excluding tert-OH is 1. The molecule has 1 aromatic carbocycles. The molecule has 8 nitrogen and oxygen atoms in total. The number of carbonyl (C=O) groups is 3. The molecule has 2 aliphatic carbocycles. The Morgan fingerprint density at radius 2 is 1.72 bits per heavy atom. The number of nitrogens with zero attached hydrogens (tertiary/aromatic N) is 1. The van der Waals surface area contributed by atoms with E-state index in [2.05, 4.69) is 29.2 Å². The number of aliphatic hydroxyl groups is 1. The third kappa shape index (κ3) is 10.4. The predicted octanol–water partition coefficient (Wildman–Crippen LogP) is 7.65. The van der Waals surface area contributed by atoms with E-state index in [1.165, 1.54) is 18.4 Å². The molecule has 8 heteroatoms. The number of H-pyrrole nitrogens is 1. The molecule has 252 valence electrons. The molecule has 2 aromatic rings. The van der Waals surface area contributed by atoms with Crippen LogP contribution < -0.4 is 0 Å². The van der Waals surface area contributed by atoms with Gasteiger partial charge in [0.15, 0.2) is 5.78 Å². The Bertz CT molecular complexity index is 1350. The number of rotatable bonds is 16. The lowest BCUT2D eigenvalue weighted by molar-refractivity contribution is -0.146. The van der Waals surface area contributed by atoms with Crippen LogP contribution in [0.1, 0.15) is 134 Å². The van der Waals surface area contributed by atoms with Gasteiger partial charge >= 0.3 is 5.97 Å². The van der Waals surface area contributed by atoms with Crippen molar-refractivity contribution in [3.63, 3.8) is 0 Å². The maximum absolute atomic E-state index is 14.1. The average Bonchev–Trinajstić information content (AvgIpc) is 3.49. The van der Waals surface area contributed by atoms with E-state index in [1.807, 2.05) is 26.8 Å². The minimum atomic E-state index is -0.736. The molecule has 46 heavy (non-hydrogen) atoms. The summed E-state index contributed by atoms with van der Waals surface area (Å²) < 4.78 is 5.39. The van der Waals surface area contributed by atoms with E-state index < -0.39 is 34.9 Å². The average molecular weight is 634 g/mol. The highest BCUT2D eigenvalue weighted by Crippen LogP contribution is 2.44. The lowest BCUT2D eigenvalue weighted by Gasteiger charge is -2.33. The highest BCUT2D eigenvalue weighted by atomic mass is 16.6. The van der Waals surface area contributed by atoms with E-state index in [-0.39, 0.29) is 36.0 Å². The van der Waals surface area contributed by atoms with E-state index in [0.717, 1.165) is 38.0 Å². The molecule has 0 amide bonds. The van der Waals surface area contributed by atoms with Crippen LogP contribution in [-0.2, 0) is 20.7 Å². The maximum atomic E-state index is 14.1. The summed E-state index contributed by atoms with van der Waals surface area (Å²) in [7, 11) is 0. The SMILES string of the molecule is CC(C)(C)OC(=O)C(=N)C[C@H](C(=O)C1C[C@H](O)C[C@H]1c1nc(C(=O)CC(CCCCc2ccccc2)CC2CC2)c[nH]1)C(C)(C)C. The molecule has 0 aliphatic heterocycles. The minimum absolute atomic E-state index is 0.0241. The molecule has 0 saturated heterocycles. The number of ether oxygens (including phenoxy) is 1. The van der Waals surface area contributed by atoms with Gasteiger partial charge in [-0.25, -0.2) is 9.78 Å². The van der Waals surface area contributed by atoms with Gasteiger partial charge in [-0.15, -0.1) is 0 Å². The molecule has 0 radical (unpaired) electrons. The molecule has 2 aliphatic rings. The number of unbranched alkanes of at least 4 members (excludes halogenated alkanes) is 1. The summed E-state index contributed by atoms with van der Waals surface area (Å²) >= 11 is 0. The highest BCUT2D eigenvalue weighted by molar-refractivity contribution is 6.35. The Labute approximate surface area is 275 Å². The van der Waals surface area contributed by atoms with Crippen molar-refractivity contribution in [3.8, 4) is 0 Å². The summed E-state index contributed by atoms with van der Waals surface area (Å²) in [5.74, 6) is -0.684. The van der Waals surface area contributed by atoms with Gasteiger partial charge in [0.25, 0.3) is 0 Å². The van der Waals surface area contributed by atoms with Crippen LogP contribution in [0.25, 0.3) is 0 Å². The molecule has 4 rings (SSSR count). The van der Waals surface area contributed by atoms with Gasteiger partial charge in [0, 0.05) is 36.8 Å². The van der Waals surface area contributed by atoms with Crippen LogP contribution in [-0.4, -0.2) is 50.0 Å². The summed E-state index contributed by atoms with van der Waals surface area (Å²) in [4.78, 5) is 48.1. The largest absolute Gasteiger partial charge is 0.456 e. The minimum Gasteiger partial charge on any atom is -0.456 e. The van der Waals surface area contributed by atoms with Gasteiger partial charge in [0.05, 0.1) is 6.10 Å². The van der Waals surface area contributed by atoms with Crippen molar-refractivity contribution in [2.75, 3.05) is 0 Å². The first-order chi connectivity index (χ1) is 21.6. The van der Waals surface area contributed by atoms with E-state index in [1.54, 1.807) is 27.0 Å². The summed E-state index contributed by atoms with van der Waals surface area (Å²) in [6.07, 6.45) is 9.97. The fourth-order valence-electron chi connectivity index (χ4n) is 6.92. The van der Waals surface area contributed by atoms with Crippen LogP contribution in [0.15, 0.2) is 36.5 Å². The number of aryl methyl sites for hydroxylation is 1. The van der Waals surface area contributed by atoms with Gasteiger partial charge in [0.2, 0.25) is 0 Å². The standard InChI is InChI=1S/C38H55N3O5/c1-37(2,3)30(22-31(39)36(45)46-38(4,5)6)34(44)28-20-27(42)21-29(28)35-40-23-32(41-35)33(43)19-26(18-25-16-17-25)15-11-10-14-24-12-8-7-9-13-24/h7-9,12-13,23,25-30,39,42H,10-11,14-22H2,1-6H3,(H,40,41)/t26?,27-,28?,29+,30+/m0/s1. The summed E-state index contributed by atoms with van der Waals surface area (Å²) in [5.41, 5.74) is 0.257. The van der Waals surface area contributed by atoms with Crippen molar-refractivity contribution < 1.29 is 24.2 Å². The second kappa shape index (κ2) is 15.2. The number of esters is 1. The first kappa shape index (κ1) is 35.7. The normalized spacial score (nSPS) is 21.5. The zero-order valence-electron chi connectivity index (χ0n) is 28.7. The smallest absolute Gasteiger partial charge is 0.352 e. The number of hydrogen-bond acceptors (Lipinski definition) is 7. The molecule has 3 N–H and O–H groups in total. The zero-order valence-corrected chi connectivity index (χ0v) is 28.7. The first-order valence-corrected chi connectivity index (χ1v) is 17.3. The number of nitrogens with one attached hydrogen (secondary N) is 2. The van der Waals surface area contributed by atoms with Gasteiger partial charge < -0.3 is 14.8 Å². The number of carbonyl (C=O) groups excluding carboxylic acids is 3. The monoisotopic (exact) mass is 633 g/mol. The van der Waals surface area contributed by atoms with Crippen LogP contribution >= 0.6 is 0 Å². The second-order valence-corrected chi connectivity index (χ2v) is 15.9. The molecule has 5 atom stereocenters. The number of imidazole rings is 1. The number of aromatic nitrogens is 2. The summed E-state index contributed by atoms with van der Waals surface area (Å²) in [6, 6.07) is 10.5. The van der Waals surface area contributed by atoms with Crippen LogP contribution in [0.4, 0.5) is 0 Å². The van der Waals surface area contributed by atoms with Gasteiger partial charge in [0.1, 0.15) is 28.6 Å². The molecule has 1 aromatic heterocycles. The molecule has 2 saturated carbocycles. The van der Waals surface area contributed by atoms with E-state index >= 15 is 0 Å².